The maximum absolute atomic E-state index is 10.7. The number of aromatic hydroxyl groups is 1. The van der Waals surface area contributed by atoms with Gasteiger partial charge in [-0.25, -0.2) is 0 Å². The van der Waals surface area contributed by atoms with E-state index in [1.54, 1.807) is 0 Å². The molecule has 3 aromatic carbocycles. The van der Waals surface area contributed by atoms with Gasteiger partial charge in [0.1, 0.15) is 11.4 Å². The molecule has 4 heteroatoms. The lowest BCUT2D eigenvalue weighted by atomic mass is 10.0. The molecule has 0 aromatic heterocycles. The first kappa shape index (κ1) is 18.9. The van der Waals surface area contributed by atoms with Crippen LogP contribution in [0.2, 0.25) is 0 Å². The standard InChI is InChI=1S/C23H27N3O/c1-4-14-26(15-5-2)21-16-22(27)23(20-9-7-6-8-19(20)21)25-24-18-12-10-17(3)11-13-18/h6-13,16,27H,4-5,14-15H2,1-3H3. The zero-order valence-corrected chi connectivity index (χ0v) is 16.3. The molecule has 0 spiro atoms. The number of fused-ring (bicyclic) bond motifs is 1. The Morgan fingerprint density at radius 3 is 2.11 bits per heavy atom. The van der Waals surface area contributed by atoms with Gasteiger partial charge in [0.2, 0.25) is 0 Å². The molecule has 0 amide bonds. The summed E-state index contributed by atoms with van der Waals surface area (Å²) in [5.41, 5.74) is 3.52. The van der Waals surface area contributed by atoms with E-state index < -0.39 is 0 Å². The molecular weight excluding hydrogens is 334 g/mol. The molecule has 0 heterocycles. The summed E-state index contributed by atoms with van der Waals surface area (Å²) in [7, 11) is 0. The second-order valence-corrected chi connectivity index (χ2v) is 6.83. The Kier molecular flexibility index (Phi) is 6.07. The van der Waals surface area contributed by atoms with Gasteiger partial charge >= 0.3 is 0 Å². The summed E-state index contributed by atoms with van der Waals surface area (Å²) < 4.78 is 0. The van der Waals surface area contributed by atoms with E-state index >= 15 is 0 Å². The smallest absolute Gasteiger partial charge is 0.145 e. The van der Waals surface area contributed by atoms with Crippen molar-refractivity contribution in [1.82, 2.24) is 0 Å². The van der Waals surface area contributed by atoms with Crippen LogP contribution in [-0.4, -0.2) is 18.2 Å². The average molecular weight is 361 g/mol. The van der Waals surface area contributed by atoms with Gasteiger partial charge in [0.05, 0.1) is 5.69 Å². The Bertz CT molecular complexity index is 926. The maximum atomic E-state index is 10.7. The first-order chi connectivity index (χ1) is 13.1. The van der Waals surface area contributed by atoms with Crippen LogP contribution in [0.1, 0.15) is 32.3 Å². The van der Waals surface area contributed by atoms with E-state index in [4.69, 9.17) is 0 Å². The molecule has 3 rings (SSSR count). The second kappa shape index (κ2) is 8.67. The summed E-state index contributed by atoms with van der Waals surface area (Å²) in [6, 6.07) is 17.8. The van der Waals surface area contributed by atoms with Crippen LogP contribution in [0.25, 0.3) is 10.8 Å². The van der Waals surface area contributed by atoms with Crippen LogP contribution in [0.5, 0.6) is 5.75 Å². The highest BCUT2D eigenvalue weighted by Gasteiger charge is 2.15. The fourth-order valence-corrected chi connectivity index (χ4v) is 3.30. The van der Waals surface area contributed by atoms with Gasteiger partial charge < -0.3 is 10.0 Å². The Hall–Kier alpha value is -2.88. The van der Waals surface area contributed by atoms with Crippen molar-refractivity contribution in [3.8, 4) is 5.75 Å². The summed E-state index contributed by atoms with van der Waals surface area (Å²) >= 11 is 0. The molecule has 3 aromatic rings. The lowest BCUT2D eigenvalue weighted by Gasteiger charge is -2.26. The van der Waals surface area contributed by atoms with Crippen molar-refractivity contribution >= 4 is 27.8 Å². The van der Waals surface area contributed by atoms with Crippen LogP contribution in [0.15, 0.2) is 64.8 Å². The summed E-state index contributed by atoms with van der Waals surface area (Å²) in [6.45, 7) is 8.31. The second-order valence-electron chi connectivity index (χ2n) is 6.83. The van der Waals surface area contributed by atoms with Gasteiger partial charge in [-0.15, -0.1) is 5.11 Å². The molecule has 1 N–H and O–H groups in total. The molecule has 0 atom stereocenters. The Balaban J connectivity index is 2.08. The SMILES string of the molecule is CCCN(CCC)c1cc(O)c(N=Nc2ccc(C)cc2)c2ccccc12. The summed E-state index contributed by atoms with van der Waals surface area (Å²) in [5.74, 6) is 0.164. The monoisotopic (exact) mass is 361 g/mol. The van der Waals surface area contributed by atoms with Crippen molar-refractivity contribution < 1.29 is 5.11 Å². The topological polar surface area (TPSA) is 48.2 Å². The van der Waals surface area contributed by atoms with Gasteiger partial charge in [-0.1, -0.05) is 55.8 Å². The van der Waals surface area contributed by atoms with Crippen molar-refractivity contribution in [3.05, 3.63) is 60.2 Å². The number of hydrogen-bond acceptors (Lipinski definition) is 4. The molecule has 140 valence electrons. The minimum Gasteiger partial charge on any atom is -0.506 e. The molecule has 4 nitrogen and oxygen atoms in total. The van der Waals surface area contributed by atoms with Crippen LogP contribution in [0.3, 0.4) is 0 Å². The third kappa shape index (κ3) is 4.27. The van der Waals surface area contributed by atoms with Gasteiger partial charge in [-0.3, -0.25) is 0 Å². The highest BCUT2D eigenvalue weighted by atomic mass is 16.3. The van der Waals surface area contributed by atoms with Crippen molar-refractivity contribution in [3.63, 3.8) is 0 Å². The van der Waals surface area contributed by atoms with E-state index in [1.807, 2.05) is 55.5 Å². The quantitative estimate of drug-likeness (QED) is 0.465. The van der Waals surface area contributed by atoms with Crippen LogP contribution in [0, 0.1) is 6.92 Å². The van der Waals surface area contributed by atoms with Crippen LogP contribution < -0.4 is 4.90 Å². The molecule has 27 heavy (non-hydrogen) atoms. The highest BCUT2D eigenvalue weighted by molar-refractivity contribution is 6.03. The summed E-state index contributed by atoms with van der Waals surface area (Å²) in [4.78, 5) is 2.34. The van der Waals surface area contributed by atoms with Gasteiger partial charge in [-0.2, -0.15) is 5.11 Å². The largest absolute Gasteiger partial charge is 0.506 e. The number of aryl methyl sites for hydroxylation is 1. The number of hydrogen-bond donors (Lipinski definition) is 1. The van der Waals surface area contributed by atoms with E-state index in [-0.39, 0.29) is 5.75 Å². The van der Waals surface area contributed by atoms with E-state index in [2.05, 4.69) is 35.0 Å². The molecule has 0 saturated carbocycles. The molecule has 0 radical (unpaired) electrons. The molecule has 0 aliphatic carbocycles. The van der Waals surface area contributed by atoms with E-state index in [9.17, 15) is 5.11 Å². The number of benzene rings is 3. The molecule has 0 aliphatic heterocycles. The normalized spacial score (nSPS) is 11.4. The molecule has 0 fully saturated rings. The molecule has 0 saturated heterocycles. The predicted molar refractivity (Wildman–Crippen MR) is 114 cm³/mol. The Morgan fingerprint density at radius 2 is 1.48 bits per heavy atom. The minimum atomic E-state index is 0.164. The first-order valence-electron chi connectivity index (χ1n) is 9.62. The number of rotatable bonds is 7. The Labute approximate surface area is 161 Å². The van der Waals surface area contributed by atoms with Crippen LogP contribution in [-0.2, 0) is 0 Å². The fraction of sp³-hybridized carbons (Fsp3) is 0.304. The lowest BCUT2D eigenvalue weighted by molar-refractivity contribution is 0.477. The fourth-order valence-electron chi connectivity index (χ4n) is 3.30. The van der Waals surface area contributed by atoms with Crippen LogP contribution in [0.4, 0.5) is 17.1 Å². The molecule has 0 unspecified atom stereocenters. The van der Waals surface area contributed by atoms with Crippen molar-refractivity contribution in [2.45, 2.75) is 33.6 Å². The third-order valence-electron chi connectivity index (χ3n) is 4.60. The van der Waals surface area contributed by atoms with E-state index in [1.165, 1.54) is 5.56 Å². The zero-order valence-electron chi connectivity index (χ0n) is 16.3. The number of phenols is 1. The lowest BCUT2D eigenvalue weighted by Crippen LogP contribution is -2.25. The molecular formula is C23H27N3O. The highest BCUT2D eigenvalue weighted by Crippen LogP contribution is 2.42. The zero-order chi connectivity index (χ0) is 19.2. The van der Waals surface area contributed by atoms with Crippen molar-refractivity contribution in [1.29, 1.82) is 0 Å². The predicted octanol–water partition coefficient (Wildman–Crippen LogP) is 6.90. The van der Waals surface area contributed by atoms with Crippen molar-refractivity contribution in [2.75, 3.05) is 18.0 Å². The summed E-state index contributed by atoms with van der Waals surface area (Å²) in [5, 5.41) is 21.4. The summed E-state index contributed by atoms with van der Waals surface area (Å²) in [6.07, 6.45) is 2.12. The van der Waals surface area contributed by atoms with Gasteiger partial charge in [0, 0.05) is 35.6 Å². The average Bonchev–Trinajstić information content (AvgIpc) is 2.68. The van der Waals surface area contributed by atoms with E-state index in [0.29, 0.717) is 5.69 Å². The number of anilines is 1. The van der Waals surface area contributed by atoms with Gasteiger partial charge in [0.15, 0.2) is 0 Å². The number of phenolic OH excluding ortho intramolecular Hbond substituents is 1. The number of nitrogens with zero attached hydrogens (tertiary/aromatic N) is 3. The van der Waals surface area contributed by atoms with Gasteiger partial charge in [0.25, 0.3) is 0 Å². The van der Waals surface area contributed by atoms with E-state index in [0.717, 1.165) is 48.1 Å². The van der Waals surface area contributed by atoms with Gasteiger partial charge in [-0.05, 0) is 31.9 Å². The maximum Gasteiger partial charge on any atom is 0.145 e. The molecule has 0 bridgehead atoms. The molecule has 0 aliphatic rings. The third-order valence-corrected chi connectivity index (χ3v) is 4.60. The van der Waals surface area contributed by atoms with Crippen LogP contribution >= 0.6 is 0 Å². The number of azo groups is 1. The van der Waals surface area contributed by atoms with Crippen molar-refractivity contribution in [2.24, 2.45) is 10.2 Å². The minimum absolute atomic E-state index is 0.164. The Morgan fingerprint density at radius 1 is 0.852 bits per heavy atom. The first-order valence-corrected chi connectivity index (χ1v) is 9.62.